The number of rotatable bonds is 5. The van der Waals surface area contributed by atoms with Gasteiger partial charge in [-0.25, -0.2) is 0 Å². The smallest absolute Gasteiger partial charge is 0.309 e. The lowest BCUT2D eigenvalue weighted by Crippen LogP contribution is -2.30. The van der Waals surface area contributed by atoms with E-state index in [1.165, 1.54) is 14.2 Å². The van der Waals surface area contributed by atoms with Crippen LogP contribution in [0.25, 0.3) is 0 Å². The second-order valence-electron chi connectivity index (χ2n) is 2.67. The van der Waals surface area contributed by atoms with Crippen LogP contribution < -0.4 is 0 Å². The van der Waals surface area contributed by atoms with Gasteiger partial charge in [0, 0.05) is 7.11 Å². The van der Waals surface area contributed by atoms with Gasteiger partial charge in [-0.1, -0.05) is 0 Å². The van der Waals surface area contributed by atoms with Gasteiger partial charge in [-0.2, -0.15) is 0 Å². The molecule has 0 saturated heterocycles. The molecule has 0 spiro atoms. The Morgan fingerprint density at radius 1 is 1.38 bits per heavy atom. The highest BCUT2D eigenvalue weighted by Crippen LogP contribution is 2.12. The van der Waals surface area contributed by atoms with Crippen molar-refractivity contribution in [1.29, 1.82) is 0 Å². The van der Waals surface area contributed by atoms with Crippen LogP contribution in [0.3, 0.4) is 0 Å². The first-order valence-electron chi connectivity index (χ1n) is 3.85. The maximum Gasteiger partial charge on any atom is 0.309 e. The summed E-state index contributed by atoms with van der Waals surface area (Å²) in [7, 11) is 2.62. The average molecular weight is 190 g/mol. The monoisotopic (exact) mass is 190 g/mol. The topological polar surface area (TPSA) is 72.8 Å². The molecular formula is C8H14O5. The Kier molecular flexibility index (Phi) is 5.06. The lowest BCUT2D eigenvalue weighted by Gasteiger charge is -2.17. The van der Waals surface area contributed by atoms with E-state index in [2.05, 4.69) is 4.74 Å². The van der Waals surface area contributed by atoms with E-state index < -0.39 is 24.0 Å². The fourth-order valence-corrected chi connectivity index (χ4v) is 0.881. The van der Waals surface area contributed by atoms with Crippen molar-refractivity contribution >= 4 is 11.9 Å². The summed E-state index contributed by atoms with van der Waals surface area (Å²) >= 11 is 0. The van der Waals surface area contributed by atoms with Gasteiger partial charge in [0.25, 0.3) is 0 Å². The van der Waals surface area contributed by atoms with Crippen LogP contribution >= 0.6 is 0 Å². The molecule has 1 N–H and O–H groups in total. The number of aliphatic carboxylic acids is 1. The first kappa shape index (κ1) is 11.9. The number of esters is 1. The average Bonchev–Trinajstić information content (AvgIpc) is 2.11. The molecule has 0 rings (SSSR count). The molecule has 13 heavy (non-hydrogen) atoms. The zero-order valence-corrected chi connectivity index (χ0v) is 7.94. The number of hydrogen-bond donors (Lipinski definition) is 1. The normalized spacial score (nSPS) is 14.7. The zero-order chi connectivity index (χ0) is 10.4. The molecule has 0 aliphatic heterocycles. The van der Waals surface area contributed by atoms with Crippen molar-refractivity contribution in [1.82, 2.24) is 0 Å². The summed E-state index contributed by atoms with van der Waals surface area (Å²) in [6.45, 7) is 1.60. The Morgan fingerprint density at radius 3 is 2.23 bits per heavy atom. The summed E-state index contributed by atoms with van der Waals surface area (Å²) < 4.78 is 9.20. The van der Waals surface area contributed by atoms with Gasteiger partial charge in [0.1, 0.15) is 0 Å². The van der Waals surface area contributed by atoms with Crippen LogP contribution in [0.2, 0.25) is 0 Å². The highest BCUT2D eigenvalue weighted by molar-refractivity contribution is 5.79. The lowest BCUT2D eigenvalue weighted by molar-refractivity contribution is -0.154. The predicted octanol–water partition coefficient (Wildman–Crippen LogP) is 0.285. The molecule has 76 valence electrons. The maximum absolute atomic E-state index is 10.8. The van der Waals surface area contributed by atoms with Gasteiger partial charge in [-0.3, -0.25) is 9.59 Å². The van der Waals surface area contributed by atoms with Gasteiger partial charge in [0.05, 0.1) is 25.6 Å². The summed E-state index contributed by atoms with van der Waals surface area (Å²) in [5.41, 5.74) is 0. The fraction of sp³-hybridized carbons (Fsp3) is 0.750. The molecule has 0 unspecified atom stereocenters. The van der Waals surface area contributed by atoms with Crippen molar-refractivity contribution in [3.05, 3.63) is 0 Å². The Balaban J connectivity index is 4.26. The van der Waals surface area contributed by atoms with E-state index >= 15 is 0 Å². The minimum atomic E-state index is -1.06. The van der Waals surface area contributed by atoms with E-state index in [0.29, 0.717) is 0 Å². The van der Waals surface area contributed by atoms with Crippen molar-refractivity contribution in [2.24, 2.45) is 5.92 Å². The van der Waals surface area contributed by atoms with E-state index in [4.69, 9.17) is 9.84 Å². The Hall–Kier alpha value is -1.10. The molecule has 5 heteroatoms. The SMILES string of the molecule is COC(=O)C[C@H](C(=O)O)[C@H](C)OC. The van der Waals surface area contributed by atoms with Gasteiger partial charge < -0.3 is 14.6 Å². The second-order valence-corrected chi connectivity index (χ2v) is 2.67. The maximum atomic E-state index is 10.8. The van der Waals surface area contributed by atoms with Crippen molar-refractivity contribution in [2.75, 3.05) is 14.2 Å². The number of carbonyl (C=O) groups is 2. The number of carboxylic acids is 1. The summed E-state index contributed by atoms with van der Waals surface area (Å²) in [6.07, 6.45) is -0.669. The highest BCUT2D eigenvalue weighted by atomic mass is 16.5. The van der Waals surface area contributed by atoms with Crippen LogP contribution in [-0.2, 0) is 19.1 Å². The molecule has 0 bridgehead atoms. The third-order valence-electron chi connectivity index (χ3n) is 1.87. The van der Waals surface area contributed by atoms with E-state index in [1.54, 1.807) is 6.92 Å². The summed E-state index contributed by atoms with van der Waals surface area (Å²) in [5.74, 6) is -2.45. The second kappa shape index (κ2) is 5.53. The molecule has 0 aliphatic rings. The number of carboxylic acid groups (broad SMARTS) is 1. The minimum absolute atomic E-state index is 0.166. The van der Waals surface area contributed by atoms with E-state index in [9.17, 15) is 9.59 Å². The number of methoxy groups -OCH3 is 2. The molecule has 0 fully saturated rings. The van der Waals surface area contributed by atoms with Crippen molar-refractivity contribution < 1.29 is 24.2 Å². The van der Waals surface area contributed by atoms with Crippen LogP contribution in [0.15, 0.2) is 0 Å². The summed E-state index contributed by atoms with van der Waals surface area (Å²) in [6, 6.07) is 0. The molecule has 0 aromatic carbocycles. The van der Waals surface area contributed by atoms with Gasteiger partial charge in [-0.05, 0) is 6.92 Å². The lowest BCUT2D eigenvalue weighted by atomic mass is 10.0. The fourth-order valence-electron chi connectivity index (χ4n) is 0.881. The Morgan fingerprint density at radius 2 is 1.92 bits per heavy atom. The molecule has 0 heterocycles. The third kappa shape index (κ3) is 3.89. The standard InChI is InChI=1S/C8H14O5/c1-5(12-2)6(8(10)11)4-7(9)13-3/h5-6H,4H2,1-3H3,(H,10,11)/t5-,6-/m0/s1. The predicted molar refractivity (Wildman–Crippen MR) is 44.2 cm³/mol. The van der Waals surface area contributed by atoms with Crippen molar-refractivity contribution in [3.8, 4) is 0 Å². The third-order valence-corrected chi connectivity index (χ3v) is 1.87. The van der Waals surface area contributed by atoms with Crippen LogP contribution in [0, 0.1) is 5.92 Å². The van der Waals surface area contributed by atoms with Crippen LogP contribution in [0.5, 0.6) is 0 Å². The molecule has 0 amide bonds. The number of hydrogen-bond acceptors (Lipinski definition) is 4. The van der Waals surface area contributed by atoms with E-state index in [-0.39, 0.29) is 6.42 Å². The Labute approximate surface area is 76.6 Å². The largest absolute Gasteiger partial charge is 0.481 e. The summed E-state index contributed by atoms with van der Waals surface area (Å²) in [5, 5.41) is 8.73. The Bertz CT molecular complexity index is 189. The van der Waals surface area contributed by atoms with E-state index in [0.717, 1.165) is 0 Å². The number of ether oxygens (including phenoxy) is 2. The molecule has 0 aromatic heterocycles. The van der Waals surface area contributed by atoms with Crippen LogP contribution in [0.1, 0.15) is 13.3 Å². The minimum Gasteiger partial charge on any atom is -0.481 e. The number of carbonyl (C=O) groups excluding carboxylic acids is 1. The zero-order valence-electron chi connectivity index (χ0n) is 7.94. The van der Waals surface area contributed by atoms with Crippen molar-refractivity contribution in [2.45, 2.75) is 19.4 Å². The summed E-state index contributed by atoms with van der Waals surface area (Å²) in [4.78, 5) is 21.5. The van der Waals surface area contributed by atoms with Gasteiger partial charge in [0.15, 0.2) is 0 Å². The quantitative estimate of drug-likeness (QED) is 0.630. The van der Waals surface area contributed by atoms with Crippen LogP contribution in [0.4, 0.5) is 0 Å². The molecule has 2 atom stereocenters. The molecule has 0 aliphatic carbocycles. The molecule has 0 radical (unpaired) electrons. The first-order valence-corrected chi connectivity index (χ1v) is 3.85. The molecule has 0 saturated carbocycles. The van der Waals surface area contributed by atoms with Crippen molar-refractivity contribution in [3.63, 3.8) is 0 Å². The molecular weight excluding hydrogens is 176 g/mol. The van der Waals surface area contributed by atoms with Gasteiger partial charge in [-0.15, -0.1) is 0 Å². The molecule has 5 nitrogen and oxygen atoms in total. The van der Waals surface area contributed by atoms with Gasteiger partial charge >= 0.3 is 11.9 Å². The van der Waals surface area contributed by atoms with Gasteiger partial charge in [0.2, 0.25) is 0 Å². The van der Waals surface area contributed by atoms with Crippen LogP contribution in [-0.4, -0.2) is 37.4 Å². The first-order chi connectivity index (χ1) is 6.02. The molecule has 0 aromatic rings. The highest BCUT2D eigenvalue weighted by Gasteiger charge is 2.27. The van der Waals surface area contributed by atoms with E-state index in [1.807, 2.05) is 0 Å².